The van der Waals surface area contributed by atoms with E-state index in [1.165, 1.54) is 6.33 Å². The second kappa shape index (κ2) is 5.20. The molecular formula is C11H16N4O2. The molecule has 1 aromatic heterocycles. The minimum absolute atomic E-state index is 0.139. The Bertz CT molecular complexity index is 376. The summed E-state index contributed by atoms with van der Waals surface area (Å²) in [4.78, 5) is 19.8. The molecule has 6 heteroatoms. The third kappa shape index (κ3) is 2.98. The summed E-state index contributed by atoms with van der Waals surface area (Å²) in [6.07, 6.45) is 4.21. The Kier molecular flexibility index (Phi) is 3.65. The lowest BCUT2D eigenvalue weighted by Crippen LogP contribution is -2.56. The van der Waals surface area contributed by atoms with E-state index in [9.17, 15) is 4.79 Å². The summed E-state index contributed by atoms with van der Waals surface area (Å²) in [7, 11) is 0. The van der Waals surface area contributed by atoms with E-state index in [-0.39, 0.29) is 5.91 Å². The first kappa shape index (κ1) is 11.9. The number of aromatic nitrogens is 2. The molecule has 0 bridgehead atoms. The van der Waals surface area contributed by atoms with E-state index >= 15 is 0 Å². The summed E-state index contributed by atoms with van der Waals surface area (Å²) < 4.78 is 5.20. The van der Waals surface area contributed by atoms with Gasteiger partial charge in [0.25, 0.3) is 0 Å². The normalized spacial score (nSPS) is 18.6. The van der Waals surface area contributed by atoms with Gasteiger partial charge >= 0.3 is 0 Å². The zero-order valence-corrected chi connectivity index (χ0v) is 9.56. The lowest BCUT2D eigenvalue weighted by atomic mass is 9.90. The van der Waals surface area contributed by atoms with Crippen molar-refractivity contribution in [3.63, 3.8) is 0 Å². The summed E-state index contributed by atoms with van der Waals surface area (Å²) >= 11 is 0. The summed E-state index contributed by atoms with van der Waals surface area (Å²) in [6.45, 7) is 1.45. The van der Waals surface area contributed by atoms with Crippen molar-refractivity contribution in [1.82, 2.24) is 15.3 Å². The maximum absolute atomic E-state index is 12.0. The SMILES string of the molecule is NC1(C(=O)NCc2ccncn2)CCOCC1. The summed E-state index contributed by atoms with van der Waals surface area (Å²) in [5.41, 5.74) is 6.01. The van der Waals surface area contributed by atoms with Crippen molar-refractivity contribution in [2.45, 2.75) is 24.9 Å². The molecule has 0 atom stereocenters. The van der Waals surface area contributed by atoms with E-state index in [0.29, 0.717) is 32.6 Å². The molecule has 17 heavy (non-hydrogen) atoms. The first-order chi connectivity index (χ1) is 8.21. The molecule has 1 fully saturated rings. The lowest BCUT2D eigenvalue weighted by molar-refractivity contribution is -0.129. The van der Waals surface area contributed by atoms with E-state index in [1.807, 2.05) is 0 Å². The second-order valence-corrected chi connectivity index (χ2v) is 4.15. The molecule has 2 heterocycles. The van der Waals surface area contributed by atoms with Gasteiger partial charge in [-0.3, -0.25) is 4.79 Å². The van der Waals surface area contributed by atoms with Gasteiger partial charge in [-0.1, -0.05) is 0 Å². The lowest BCUT2D eigenvalue weighted by Gasteiger charge is -2.31. The third-order valence-corrected chi connectivity index (χ3v) is 2.91. The molecule has 6 nitrogen and oxygen atoms in total. The summed E-state index contributed by atoms with van der Waals surface area (Å²) in [5, 5.41) is 2.80. The van der Waals surface area contributed by atoms with Crippen LogP contribution < -0.4 is 11.1 Å². The van der Waals surface area contributed by atoms with Crippen LogP contribution in [0.15, 0.2) is 18.6 Å². The van der Waals surface area contributed by atoms with Crippen LogP contribution in [-0.4, -0.2) is 34.6 Å². The van der Waals surface area contributed by atoms with Gasteiger partial charge < -0.3 is 15.8 Å². The fraction of sp³-hybridized carbons (Fsp3) is 0.545. The Labute approximate surface area is 99.6 Å². The Morgan fingerprint density at radius 3 is 2.94 bits per heavy atom. The summed E-state index contributed by atoms with van der Waals surface area (Å²) in [6, 6.07) is 1.76. The number of nitrogens with one attached hydrogen (secondary N) is 1. The fourth-order valence-electron chi connectivity index (χ4n) is 1.73. The van der Waals surface area contributed by atoms with Crippen LogP contribution in [0.2, 0.25) is 0 Å². The van der Waals surface area contributed by atoms with E-state index in [4.69, 9.17) is 10.5 Å². The zero-order chi connectivity index (χ0) is 12.1. The van der Waals surface area contributed by atoms with Crippen molar-refractivity contribution in [2.24, 2.45) is 5.73 Å². The van der Waals surface area contributed by atoms with Crippen LogP contribution in [0.1, 0.15) is 18.5 Å². The minimum atomic E-state index is -0.800. The molecule has 1 aromatic rings. The molecular weight excluding hydrogens is 220 g/mol. The van der Waals surface area contributed by atoms with Gasteiger partial charge in [-0.2, -0.15) is 0 Å². The topological polar surface area (TPSA) is 90.1 Å². The van der Waals surface area contributed by atoms with Crippen molar-refractivity contribution < 1.29 is 9.53 Å². The van der Waals surface area contributed by atoms with Gasteiger partial charge in [-0.05, 0) is 18.9 Å². The van der Waals surface area contributed by atoms with Crippen LogP contribution in [0.25, 0.3) is 0 Å². The average molecular weight is 236 g/mol. The Balaban J connectivity index is 1.88. The molecule has 0 saturated carbocycles. The Morgan fingerprint density at radius 2 is 2.29 bits per heavy atom. The van der Waals surface area contributed by atoms with Crippen LogP contribution in [0.4, 0.5) is 0 Å². The Morgan fingerprint density at radius 1 is 1.53 bits per heavy atom. The number of hydrogen-bond acceptors (Lipinski definition) is 5. The number of ether oxygens (including phenoxy) is 1. The zero-order valence-electron chi connectivity index (χ0n) is 9.56. The fourth-order valence-corrected chi connectivity index (χ4v) is 1.73. The predicted octanol–water partition coefficient (Wildman–Crippen LogP) is -0.399. The highest BCUT2D eigenvalue weighted by Gasteiger charge is 2.35. The van der Waals surface area contributed by atoms with Gasteiger partial charge in [-0.15, -0.1) is 0 Å². The van der Waals surface area contributed by atoms with Crippen molar-refractivity contribution in [3.05, 3.63) is 24.3 Å². The molecule has 92 valence electrons. The van der Waals surface area contributed by atoms with Crippen LogP contribution >= 0.6 is 0 Å². The van der Waals surface area contributed by atoms with Crippen molar-refractivity contribution in [2.75, 3.05) is 13.2 Å². The Hall–Kier alpha value is -1.53. The average Bonchev–Trinajstić information content (AvgIpc) is 2.38. The van der Waals surface area contributed by atoms with Crippen LogP contribution in [0.5, 0.6) is 0 Å². The third-order valence-electron chi connectivity index (χ3n) is 2.91. The molecule has 2 rings (SSSR count). The first-order valence-corrected chi connectivity index (χ1v) is 5.60. The van der Waals surface area contributed by atoms with Gasteiger partial charge in [0.15, 0.2) is 0 Å². The molecule has 0 spiro atoms. The molecule has 1 aliphatic heterocycles. The molecule has 0 unspecified atom stereocenters. The number of nitrogens with zero attached hydrogens (tertiary/aromatic N) is 2. The van der Waals surface area contributed by atoms with Crippen molar-refractivity contribution >= 4 is 5.91 Å². The molecule has 0 radical (unpaired) electrons. The van der Waals surface area contributed by atoms with Crippen molar-refractivity contribution in [3.8, 4) is 0 Å². The van der Waals surface area contributed by atoms with Crippen LogP contribution in [0, 0.1) is 0 Å². The number of hydrogen-bond donors (Lipinski definition) is 2. The quantitative estimate of drug-likeness (QED) is 0.745. The number of rotatable bonds is 3. The maximum Gasteiger partial charge on any atom is 0.240 e. The van der Waals surface area contributed by atoms with Gasteiger partial charge in [0.2, 0.25) is 5.91 Å². The van der Waals surface area contributed by atoms with Crippen LogP contribution in [-0.2, 0) is 16.1 Å². The number of nitrogens with two attached hydrogens (primary N) is 1. The number of carbonyl (C=O) groups is 1. The smallest absolute Gasteiger partial charge is 0.240 e. The number of amides is 1. The molecule has 1 saturated heterocycles. The largest absolute Gasteiger partial charge is 0.381 e. The molecule has 0 aromatic carbocycles. The maximum atomic E-state index is 12.0. The minimum Gasteiger partial charge on any atom is -0.381 e. The van der Waals surface area contributed by atoms with E-state index in [0.717, 1.165) is 5.69 Å². The number of carbonyl (C=O) groups excluding carboxylic acids is 1. The highest BCUT2D eigenvalue weighted by molar-refractivity contribution is 5.86. The highest BCUT2D eigenvalue weighted by Crippen LogP contribution is 2.17. The molecule has 3 N–H and O–H groups in total. The van der Waals surface area contributed by atoms with Crippen molar-refractivity contribution in [1.29, 1.82) is 0 Å². The van der Waals surface area contributed by atoms with Gasteiger partial charge in [-0.25, -0.2) is 9.97 Å². The monoisotopic (exact) mass is 236 g/mol. The highest BCUT2D eigenvalue weighted by atomic mass is 16.5. The standard InChI is InChI=1S/C11H16N4O2/c12-11(2-5-17-6-3-11)10(16)14-7-9-1-4-13-8-15-9/h1,4,8H,2-3,5-7,12H2,(H,14,16). The molecule has 1 aliphatic rings. The van der Waals surface area contributed by atoms with Gasteiger partial charge in [0, 0.05) is 19.4 Å². The van der Waals surface area contributed by atoms with E-state index in [2.05, 4.69) is 15.3 Å². The molecule has 0 aliphatic carbocycles. The van der Waals surface area contributed by atoms with Crippen LogP contribution in [0.3, 0.4) is 0 Å². The molecule has 1 amide bonds. The first-order valence-electron chi connectivity index (χ1n) is 5.60. The summed E-state index contributed by atoms with van der Waals surface area (Å²) in [5.74, 6) is -0.139. The van der Waals surface area contributed by atoms with Gasteiger partial charge in [0.1, 0.15) is 6.33 Å². The second-order valence-electron chi connectivity index (χ2n) is 4.15. The van der Waals surface area contributed by atoms with E-state index in [1.54, 1.807) is 12.3 Å². The van der Waals surface area contributed by atoms with E-state index < -0.39 is 5.54 Å². The van der Waals surface area contributed by atoms with Gasteiger partial charge in [0.05, 0.1) is 17.8 Å². The predicted molar refractivity (Wildman–Crippen MR) is 60.9 cm³/mol.